The molecular formula is C19H15FN2O2S. The molecule has 4 nitrogen and oxygen atoms in total. The number of fused-ring (bicyclic) bond motifs is 2. The maximum absolute atomic E-state index is 13.6. The number of halogens is 1. The van der Waals surface area contributed by atoms with Gasteiger partial charge in [-0.05, 0) is 42.3 Å². The first-order chi connectivity index (χ1) is 12.1. The number of pyridine rings is 1. The van der Waals surface area contributed by atoms with E-state index in [2.05, 4.69) is 10.3 Å². The Bertz CT molecular complexity index is 1030. The van der Waals surface area contributed by atoms with Crippen molar-refractivity contribution >= 4 is 28.6 Å². The van der Waals surface area contributed by atoms with E-state index in [9.17, 15) is 14.0 Å². The van der Waals surface area contributed by atoms with Gasteiger partial charge >= 0.3 is 0 Å². The Labute approximate surface area is 147 Å². The molecule has 0 spiro atoms. The van der Waals surface area contributed by atoms with Gasteiger partial charge in [-0.1, -0.05) is 12.1 Å². The average Bonchev–Trinajstić information content (AvgIpc) is 2.62. The minimum Gasteiger partial charge on any atom is -0.360 e. The number of hydrogen-bond acceptors (Lipinski definition) is 3. The van der Waals surface area contributed by atoms with Crippen LogP contribution in [0.15, 0.2) is 58.4 Å². The fourth-order valence-electron chi connectivity index (χ4n) is 3.09. The largest absolute Gasteiger partial charge is 0.360 e. The Morgan fingerprint density at radius 2 is 2.08 bits per heavy atom. The van der Waals surface area contributed by atoms with Crippen molar-refractivity contribution in [1.82, 2.24) is 10.3 Å². The first-order valence-corrected chi connectivity index (χ1v) is 8.95. The van der Waals surface area contributed by atoms with E-state index < -0.39 is 5.91 Å². The molecule has 6 heteroatoms. The SMILES string of the molecule is O=C(N[C@H]1CCSc2ccc(F)cc21)c1c[nH]c2ccccc2c1=O. The maximum atomic E-state index is 13.6. The predicted molar refractivity (Wildman–Crippen MR) is 96.5 cm³/mol. The van der Waals surface area contributed by atoms with Crippen molar-refractivity contribution in [3.05, 3.63) is 75.8 Å². The summed E-state index contributed by atoms with van der Waals surface area (Å²) < 4.78 is 13.6. The van der Waals surface area contributed by atoms with Gasteiger partial charge in [0.1, 0.15) is 11.4 Å². The zero-order chi connectivity index (χ0) is 17.4. The maximum Gasteiger partial charge on any atom is 0.257 e. The zero-order valence-corrected chi connectivity index (χ0v) is 14.0. The molecule has 2 heterocycles. The molecule has 3 aromatic rings. The standard InChI is InChI=1S/C19H15FN2O2S/c20-11-5-6-17-13(9-11)16(7-8-25-17)22-19(24)14-10-21-15-4-2-1-3-12(15)18(14)23/h1-6,9-10,16H,7-8H2,(H,21,23)(H,22,24)/t16-/m0/s1. The lowest BCUT2D eigenvalue weighted by atomic mass is 10.0. The van der Waals surface area contributed by atoms with Gasteiger partial charge in [-0.3, -0.25) is 9.59 Å². The number of benzene rings is 2. The van der Waals surface area contributed by atoms with Crippen molar-refractivity contribution in [1.29, 1.82) is 0 Å². The molecule has 1 aliphatic heterocycles. The summed E-state index contributed by atoms with van der Waals surface area (Å²) in [7, 11) is 0. The number of carbonyl (C=O) groups excluding carboxylic acids is 1. The van der Waals surface area contributed by atoms with E-state index in [0.29, 0.717) is 17.3 Å². The third-order valence-corrected chi connectivity index (χ3v) is 5.47. The van der Waals surface area contributed by atoms with Crippen molar-refractivity contribution in [2.24, 2.45) is 0 Å². The van der Waals surface area contributed by atoms with Gasteiger partial charge in [0, 0.05) is 27.7 Å². The number of H-pyrrole nitrogens is 1. The number of aromatic amines is 1. The summed E-state index contributed by atoms with van der Waals surface area (Å²) in [6.45, 7) is 0. The van der Waals surface area contributed by atoms with Crippen LogP contribution in [0, 0.1) is 5.82 Å². The number of aromatic nitrogens is 1. The molecule has 0 fully saturated rings. The summed E-state index contributed by atoms with van der Waals surface area (Å²) in [6, 6.07) is 11.4. The van der Waals surface area contributed by atoms with Crippen molar-refractivity contribution in [2.75, 3.05) is 5.75 Å². The third-order valence-electron chi connectivity index (χ3n) is 4.35. The van der Waals surface area contributed by atoms with E-state index in [1.165, 1.54) is 18.3 Å². The number of amides is 1. The van der Waals surface area contributed by atoms with Crippen LogP contribution in [0.3, 0.4) is 0 Å². The number of para-hydroxylation sites is 1. The monoisotopic (exact) mass is 354 g/mol. The van der Waals surface area contributed by atoms with E-state index in [1.807, 2.05) is 6.07 Å². The van der Waals surface area contributed by atoms with Gasteiger partial charge in [-0.2, -0.15) is 0 Å². The van der Waals surface area contributed by atoms with Crippen LogP contribution >= 0.6 is 11.8 Å². The van der Waals surface area contributed by atoms with E-state index >= 15 is 0 Å². The lowest BCUT2D eigenvalue weighted by molar-refractivity contribution is 0.0933. The number of hydrogen-bond donors (Lipinski definition) is 2. The number of carbonyl (C=O) groups is 1. The summed E-state index contributed by atoms with van der Waals surface area (Å²) in [5.41, 5.74) is 1.21. The smallest absolute Gasteiger partial charge is 0.257 e. The molecule has 1 aliphatic rings. The number of nitrogens with one attached hydrogen (secondary N) is 2. The minimum absolute atomic E-state index is 0.0647. The van der Waals surface area contributed by atoms with Gasteiger partial charge in [-0.15, -0.1) is 11.8 Å². The molecule has 0 saturated carbocycles. The average molecular weight is 354 g/mol. The van der Waals surface area contributed by atoms with Crippen LogP contribution in [0.2, 0.25) is 0 Å². The minimum atomic E-state index is -0.445. The molecule has 0 saturated heterocycles. The highest BCUT2D eigenvalue weighted by Gasteiger charge is 2.24. The van der Waals surface area contributed by atoms with Crippen LogP contribution in [-0.4, -0.2) is 16.6 Å². The normalized spacial score (nSPS) is 16.4. The molecule has 0 radical (unpaired) electrons. The number of thioether (sulfide) groups is 1. The summed E-state index contributed by atoms with van der Waals surface area (Å²) in [6.07, 6.45) is 2.13. The van der Waals surface area contributed by atoms with Crippen molar-refractivity contribution < 1.29 is 9.18 Å². The van der Waals surface area contributed by atoms with Gasteiger partial charge in [0.2, 0.25) is 5.43 Å². The summed E-state index contributed by atoms with van der Waals surface area (Å²) in [4.78, 5) is 29.2. The molecule has 1 aromatic heterocycles. The number of rotatable bonds is 2. The molecule has 0 bridgehead atoms. The molecule has 2 N–H and O–H groups in total. The molecular weight excluding hydrogens is 339 g/mol. The van der Waals surface area contributed by atoms with Crippen LogP contribution in [-0.2, 0) is 0 Å². The lowest BCUT2D eigenvalue weighted by Crippen LogP contribution is -2.33. The molecule has 0 aliphatic carbocycles. The lowest BCUT2D eigenvalue weighted by Gasteiger charge is -2.26. The van der Waals surface area contributed by atoms with E-state index in [1.54, 1.807) is 36.0 Å². The first-order valence-electron chi connectivity index (χ1n) is 7.97. The molecule has 2 aromatic carbocycles. The van der Waals surface area contributed by atoms with Crippen LogP contribution in [0.25, 0.3) is 10.9 Å². The Balaban J connectivity index is 1.67. The second-order valence-electron chi connectivity index (χ2n) is 5.92. The van der Waals surface area contributed by atoms with Crippen LogP contribution in [0.5, 0.6) is 0 Å². The van der Waals surface area contributed by atoms with Crippen molar-refractivity contribution in [3.63, 3.8) is 0 Å². The molecule has 4 rings (SSSR count). The Kier molecular flexibility index (Phi) is 4.05. The van der Waals surface area contributed by atoms with E-state index in [4.69, 9.17) is 0 Å². The van der Waals surface area contributed by atoms with E-state index in [-0.39, 0.29) is 22.9 Å². The molecule has 1 amide bonds. The van der Waals surface area contributed by atoms with Crippen LogP contribution < -0.4 is 10.7 Å². The Hall–Kier alpha value is -2.60. The zero-order valence-electron chi connectivity index (χ0n) is 13.2. The van der Waals surface area contributed by atoms with Gasteiger partial charge < -0.3 is 10.3 Å². The van der Waals surface area contributed by atoms with Crippen molar-refractivity contribution in [2.45, 2.75) is 17.4 Å². The predicted octanol–water partition coefficient (Wildman–Crippen LogP) is 3.63. The fraction of sp³-hybridized carbons (Fsp3) is 0.158. The summed E-state index contributed by atoms with van der Waals surface area (Å²) in [5, 5.41) is 3.36. The summed E-state index contributed by atoms with van der Waals surface area (Å²) in [5.74, 6) is 0.0562. The van der Waals surface area contributed by atoms with Crippen molar-refractivity contribution in [3.8, 4) is 0 Å². The van der Waals surface area contributed by atoms with Crippen LogP contribution in [0.1, 0.15) is 28.4 Å². The molecule has 0 unspecified atom stereocenters. The van der Waals surface area contributed by atoms with Gasteiger partial charge in [0.25, 0.3) is 5.91 Å². The topological polar surface area (TPSA) is 62.0 Å². The first kappa shape index (κ1) is 15.9. The van der Waals surface area contributed by atoms with E-state index in [0.717, 1.165) is 16.2 Å². The van der Waals surface area contributed by atoms with Gasteiger partial charge in [0.05, 0.1) is 6.04 Å². The van der Waals surface area contributed by atoms with Gasteiger partial charge in [0.15, 0.2) is 0 Å². The Morgan fingerprint density at radius 1 is 1.24 bits per heavy atom. The Morgan fingerprint density at radius 3 is 2.96 bits per heavy atom. The highest BCUT2D eigenvalue weighted by molar-refractivity contribution is 7.99. The van der Waals surface area contributed by atoms with Gasteiger partial charge in [-0.25, -0.2) is 4.39 Å². The third kappa shape index (κ3) is 2.93. The molecule has 25 heavy (non-hydrogen) atoms. The second kappa shape index (κ2) is 6.37. The highest BCUT2D eigenvalue weighted by atomic mass is 32.2. The van der Waals surface area contributed by atoms with Crippen LogP contribution in [0.4, 0.5) is 4.39 Å². The summed E-state index contributed by atoms with van der Waals surface area (Å²) >= 11 is 1.64. The second-order valence-corrected chi connectivity index (χ2v) is 7.06. The quantitative estimate of drug-likeness (QED) is 0.739. The molecule has 1 atom stereocenters. The highest BCUT2D eigenvalue weighted by Crippen LogP contribution is 2.36. The fourth-order valence-corrected chi connectivity index (χ4v) is 4.19. The molecule has 126 valence electrons.